The van der Waals surface area contributed by atoms with Crippen LogP contribution in [0.3, 0.4) is 0 Å². The summed E-state index contributed by atoms with van der Waals surface area (Å²) in [5.74, 6) is 0. The Morgan fingerprint density at radius 2 is 1.03 bits per heavy atom. The van der Waals surface area contributed by atoms with Crippen molar-refractivity contribution >= 4 is 96.2 Å². The van der Waals surface area contributed by atoms with Gasteiger partial charge in [0.2, 0.25) is 0 Å². The predicted octanol–water partition coefficient (Wildman–Crippen LogP) is 16.3. The topological polar surface area (TPSA) is 22.9 Å². The summed E-state index contributed by atoms with van der Waals surface area (Å²) in [6.45, 7) is 13.8. The number of furan rings is 1. The number of aryl methyl sites for hydroxylation is 1. The zero-order chi connectivity index (χ0) is 48.2. The van der Waals surface area contributed by atoms with Crippen LogP contribution in [-0.4, -0.2) is 6.71 Å². The molecule has 0 amide bonds. The normalized spacial score (nSPS) is 14.0. The van der Waals surface area contributed by atoms with E-state index in [-0.39, 0.29) is 17.5 Å². The van der Waals surface area contributed by atoms with E-state index in [0.717, 1.165) is 74.6 Å². The van der Waals surface area contributed by atoms with E-state index >= 15 is 0 Å². The van der Waals surface area contributed by atoms with Gasteiger partial charge in [-0.3, -0.25) is 0 Å². The highest BCUT2D eigenvalue weighted by molar-refractivity contribution is 7.00. The molecule has 0 atom stereocenters. The second kappa shape index (κ2) is 16.4. The third kappa shape index (κ3) is 7.03. The van der Waals surface area contributed by atoms with Crippen molar-refractivity contribution in [2.45, 2.75) is 78.1 Å². The molecule has 71 heavy (non-hydrogen) atoms. The zero-order valence-electron chi connectivity index (χ0n) is 41.6. The van der Waals surface area contributed by atoms with Gasteiger partial charge in [0.05, 0.1) is 17.1 Å². The maximum absolute atomic E-state index is 7.05. The molecule has 0 saturated heterocycles. The summed E-state index contributed by atoms with van der Waals surface area (Å²) >= 11 is 0. The number of anilines is 9. The Labute approximate surface area is 418 Å². The summed E-state index contributed by atoms with van der Waals surface area (Å²) in [5, 5.41) is 2.22. The molecule has 3 heterocycles. The van der Waals surface area contributed by atoms with Crippen molar-refractivity contribution in [1.29, 1.82) is 0 Å². The van der Waals surface area contributed by atoms with Crippen LogP contribution >= 0.6 is 0 Å². The Bertz CT molecular complexity index is 3560. The van der Waals surface area contributed by atoms with Crippen LogP contribution in [-0.2, 0) is 23.7 Å². The number of rotatable bonds is 6. The minimum atomic E-state index is -0.00692. The second-order valence-corrected chi connectivity index (χ2v) is 22.0. The molecule has 0 saturated carbocycles. The van der Waals surface area contributed by atoms with E-state index in [1.165, 1.54) is 74.0 Å². The molecule has 3 aliphatic rings. The summed E-state index contributed by atoms with van der Waals surface area (Å²) in [6.07, 6.45) is 4.51. The monoisotopic (exact) mass is 919 g/mol. The zero-order valence-corrected chi connectivity index (χ0v) is 41.6. The van der Waals surface area contributed by atoms with Crippen LogP contribution in [0.25, 0.3) is 33.1 Å². The van der Waals surface area contributed by atoms with Crippen LogP contribution in [0.5, 0.6) is 0 Å². The lowest BCUT2D eigenvalue weighted by Gasteiger charge is -2.45. The first-order chi connectivity index (χ1) is 34.5. The molecule has 0 fully saturated rings. The summed E-state index contributed by atoms with van der Waals surface area (Å²) in [5.41, 5.74) is 23.9. The quantitative estimate of drug-likeness (QED) is 0.155. The van der Waals surface area contributed by atoms with E-state index in [9.17, 15) is 0 Å². The van der Waals surface area contributed by atoms with Crippen LogP contribution < -0.4 is 31.1 Å². The molecule has 1 aromatic heterocycles. The van der Waals surface area contributed by atoms with Gasteiger partial charge in [0.25, 0.3) is 6.71 Å². The molecule has 1 aliphatic carbocycles. The highest BCUT2D eigenvalue weighted by Gasteiger charge is 2.44. The van der Waals surface area contributed by atoms with Crippen LogP contribution in [0.2, 0.25) is 0 Å². The summed E-state index contributed by atoms with van der Waals surface area (Å²) in [6, 6.07) is 72.9. The second-order valence-electron chi connectivity index (χ2n) is 22.0. The fourth-order valence-corrected chi connectivity index (χ4v) is 12.0. The minimum Gasteiger partial charge on any atom is -0.454 e. The predicted molar refractivity (Wildman–Crippen MR) is 302 cm³/mol. The van der Waals surface area contributed by atoms with E-state index in [1.807, 2.05) is 0 Å². The number of hydrogen-bond acceptors (Lipinski definition) is 4. The summed E-state index contributed by atoms with van der Waals surface area (Å²) < 4.78 is 7.05. The van der Waals surface area contributed by atoms with Gasteiger partial charge >= 0.3 is 0 Å². The molecule has 346 valence electrons. The van der Waals surface area contributed by atoms with Crippen molar-refractivity contribution in [3.63, 3.8) is 0 Å². The molecular weight excluding hydrogens is 862 g/mol. The van der Waals surface area contributed by atoms with Gasteiger partial charge in [-0.15, -0.1) is 0 Å². The Morgan fingerprint density at radius 1 is 0.479 bits per heavy atom. The van der Waals surface area contributed by atoms with Crippen LogP contribution in [0, 0.1) is 0 Å². The maximum atomic E-state index is 7.05. The lowest BCUT2D eigenvalue weighted by Crippen LogP contribution is -2.61. The van der Waals surface area contributed by atoms with Gasteiger partial charge in [-0.1, -0.05) is 169 Å². The number of hydrogen-bond donors (Lipinski definition) is 0. The Balaban J connectivity index is 1.17. The first-order valence-electron chi connectivity index (χ1n) is 25.6. The molecule has 0 spiro atoms. The van der Waals surface area contributed by atoms with Crippen LogP contribution in [0.15, 0.2) is 199 Å². The van der Waals surface area contributed by atoms with Crippen molar-refractivity contribution in [1.82, 2.24) is 0 Å². The van der Waals surface area contributed by atoms with Gasteiger partial charge in [-0.2, -0.15) is 0 Å². The minimum absolute atomic E-state index is 0.00692. The summed E-state index contributed by atoms with van der Waals surface area (Å²) in [7, 11) is 0. The molecule has 0 radical (unpaired) electrons. The van der Waals surface area contributed by atoms with Gasteiger partial charge in [0.15, 0.2) is 5.58 Å². The molecule has 9 aromatic carbocycles. The van der Waals surface area contributed by atoms with Gasteiger partial charge in [0.1, 0.15) is 5.58 Å². The highest BCUT2D eigenvalue weighted by Crippen LogP contribution is 2.52. The highest BCUT2D eigenvalue weighted by atomic mass is 16.3. The molecule has 0 N–H and O–H groups in total. The molecule has 10 aromatic rings. The number of nitrogens with zero attached hydrogens (tertiary/aromatic N) is 3. The maximum Gasteiger partial charge on any atom is 0.252 e. The fraction of sp³-hybridized carbons (Fsp3) is 0.182. The van der Waals surface area contributed by atoms with Gasteiger partial charge in [0, 0.05) is 50.5 Å². The molecule has 4 nitrogen and oxygen atoms in total. The molecule has 0 bridgehead atoms. The van der Waals surface area contributed by atoms with Crippen molar-refractivity contribution in [3.8, 4) is 11.1 Å². The first-order valence-corrected chi connectivity index (χ1v) is 25.6. The molecular formula is C66H58BN3O. The first kappa shape index (κ1) is 43.3. The van der Waals surface area contributed by atoms with Crippen LogP contribution in [0.4, 0.5) is 51.2 Å². The average Bonchev–Trinajstić information content (AvgIpc) is 3.78. The van der Waals surface area contributed by atoms with Gasteiger partial charge in [-0.05, 0) is 147 Å². The van der Waals surface area contributed by atoms with Crippen molar-refractivity contribution in [2.75, 3.05) is 14.7 Å². The SMILES string of the molecule is CC(C)(C)c1ccc(N2c3ccccc3B3c4ccccc4N(c4ccc(C(C)(C)C)cc4)c4cc(N(c5ccc6c(c5-c5ccccc5)CCCC6)c5cccc6c5oc5ccccc56)cc2c43)cc1. The van der Waals surface area contributed by atoms with Crippen molar-refractivity contribution < 1.29 is 4.42 Å². The number of para-hydroxylation sites is 4. The van der Waals surface area contributed by atoms with E-state index in [4.69, 9.17) is 4.42 Å². The third-order valence-electron chi connectivity index (χ3n) is 15.5. The molecule has 13 rings (SSSR count). The van der Waals surface area contributed by atoms with Crippen molar-refractivity contribution in [3.05, 3.63) is 216 Å². The van der Waals surface area contributed by atoms with E-state index < -0.39 is 0 Å². The standard InChI is InChI=1S/C66H58BN3O/c1-65(2,3)45-32-36-47(37-33-45)68-55-27-15-13-25-53(55)67-54-26-14-16-28-56(54)69(48-38-34-46(35-39-48)66(4,5)6)60-42-49(41-59(68)63(60)67)70(58-29-18-24-52-51-23-12-17-30-61(51)71-64(52)58)57-40-31-43-19-10-11-22-50(43)62(57)44-20-8-7-9-21-44/h7-9,12-18,20-21,23-42H,10-11,19,22H2,1-6H3. The largest absolute Gasteiger partial charge is 0.454 e. The third-order valence-corrected chi connectivity index (χ3v) is 15.5. The Hall–Kier alpha value is -7.76. The lowest BCUT2D eigenvalue weighted by molar-refractivity contribution is 0.590. The molecule has 2 aliphatic heterocycles. The summed E-state index contributed by atoms with van der Waals surface area (Å²) in [4.78, 5) is 7.62. The Morgan fingerprint density at radius 3 is 1.65 bits per heavy atom. The fourth-order valence-electron chi connectivity index (χ4n) is 12.0. The van der Waals surface area contributed by atoms with Crippen LogP contribution in [0.1, 0.15) is 76.6 Å². The smallest absolute Gasteiger partial charge is 0.252 e. The van der Waals surface area contributed by atoms with E-state index in [1.54, 1.807) is 0 Å². The Kier molecular flexibility index (Phi) is 10.0. The van der Waals surface area contributed by atoms with Gasteiger partial charge < -0.3 is 19.1 Å². The molecule has 5 heteroatoms. The van der Waals surface area contributed by atoms with Crippen molar-refractivity contribution in [2.24, 2.45) is 0 Å². The number of benzene rings is 9. The lowest BCUT2D eigenvalue weighted by atomic mass is 9.33. The number of fused-ring (bicyclic) bond motifs is 8. The molecule has 0 unspecified atom stereocenters. The van der Waals surface area contributed by atoms with E-state index in [2.05, 4.69) is 250 Å². The van der Waals surface area contributed by atoms with Gasteiger partial charge in [-0.25, -0.2) is 0 Å². The average molecular weight is 920 g/mol. The van der Waals surface area contributed by atoms with E-state index in [0.29, 0.717) is 0 Å².